The number of aromatic nitrogens is 2. The largest absolute Gasteiger partial charge is 0.453 e. The second kappa shape index (κ2) is 11.9. The number of ketones is 2. The van der Waals surface area contributed by atoms with E-state index >= 15 is 0 Å². The molecule has 1 aromatic rings. The number of carbonyl (C=O) groups is 4. The van der Waals surface area contributed by atoms with E-state index in [1.165, 1.54) is 0 Å². The van der Waals surface area contributed by atoms with Crippen molar-refractivity contribution in [2.75, 3.05) is 23.9 Å². The van der Waals surface area contributed by atoms with Crippen LogP contribution in [0, 0.1) is 0 Å². The van der Waals surface area contributed by atoms with Crippen molar-refractivity contribution in [3.63, 3.8) is 0 Å². The van der Waals surface area contributed by atoms with Gasteiger partial charge in [-0.05, 0) is 0 Å². The molecule has 134 valence electrons. The number of alkyl halides is 2. The number of rotatable bonds is 10. The molecule has 0 bridgehead atoms. The third-order valence-electron chi connectivity index (χ3n) is 2.48. The highest BCUT2D eigenvalue weighted by Crippen LogP contribution is 2.04. The molecule has 24 heavy (non-hydrogen) atoms. The second-order valence-corrected chi connectivity index (χ2v) is 5.86. The highest BCUT2D eigenvalue weighted by molar-refractivity contribution is 9.09. The fourth-order valence-electron chi connectivity index (χ4n) is 1.33. The first-order valence-electron chi connectivity index (χ1n) is 6.53. The number of Topliss-reactive ketones (excluding diaryl/α,β-unsaturated/α-hetero) is 2. The van der Waals surface area contributed by atoms with Crippen molar-refractivity contribution in [3.05, 3.63) is 17.5 Å². The van der Waals surface area contributed by atoms with Crippen molar-refractivity contribution >= 4 is 55.4 Å². The van der Waals surface area contributed by atoms with Gasteiger partial charge in [-0.3, -0.25) is 14.7 Å². The first kappa shape index (κ1) is 22.4. The van der Waals surface area contributed by atoms with Crippen molar-refractivity contribution in [1.29, 1.82) is 0 Å². The van der Waals surface area contributed by atoms with Gasteiger partial charge in [0.1, 0.15) is 18.9 Å². The van der Waals surface area contributed by atoms with E-state index in [1.807, 2.05) is 0 Å². The minimum atomic E-state index is -0.835. The van der Waals surface area contributed by atoms with Gasteiger partial charge >= 0.3 is 11.9 Å². The summed E-state index contributed by atoms with van der Waals surface area (Å²) < 4.78 is 9.54. The Morgan fingerprint density at radius 2 is 1.46 bits per heavy atom. The molecule has 0 unspecified atom stereocenters. The molecule has 3 N–H and O–H groups in total. The van der Waals surface area contributed by atoms with Gasteiger partial charge in [-0.2, -0.15) is 5.10 Å². The third-order valence-corrected chi connectivity index (χ3v) is 3.28. The van der Waals surface area contributed by atoms with Crippen molar-refractivity contribution in [2.45, 2.75) is 12.8 Å². The molecular weight excluding hydrogens is 456 g/mol. The zero-order valence-corrected chi connectivity index (χ0v) is 15.6. The van der Waals surface area contributed by atoms with Crippen molar-refractivity contribution in [1.82, 2.24) is 10.2 Å². The molecule has 9 nitrogen and oxygen atoms in total. The maximum absolute atomic E-state index is 11.7. The Hall–Kier alpha value is -1.59. The van der Waals surface area contributed by atoms with E-state index in [0.29, 0.717) is 10.7 Å². The van der Waals surface area contributed by atoms with Gasteiger partial charge in [-0.25, -0.2) is 9.59 Å². The van der Waals surface area contributed by atoms with Crippen LogP contribution in [0.1, 0.15) is 33.8 Å². The van der Waals surface area contributed by atoms with Crippen LogP contribution in [-0.4, -0.2) is 63.1 Å². The van der Waals surface area contributed by atoms with Crippen LogP contribution in [0.25, 0.3) is 0 Å². The molecule has 0 aliphatic heterocycles. The quantitative estimate of drug-likeness (QED) is 0.388. The molecule has 0 atom stereocenters. The zero-order chi connectivity index (χ0) is 17.2. The molecule has 0 amide bonds. The van der Waals surface area contributed by atoms with Crippen LogP contribution in [0.15, 0.2) is 6.07 Å². The number of aromatic amines is 1. The first-order chi connectivity index (χ1) is 11.0. The van der Waals surface area contributed by atoms with Crippen LogP contribution in [-0.2, 0) is 19.1 Å². The van der Waals surface area contributed by atoms with Crippen molar-refractivity contribution in [3.8, 4) is 0 Å². The van der Waals surface area contributed by atoms with Crippen molar-refractivity contribution in [2.24, 2.45) is 0 Å². The van der Waals surface area contributed by atoms with Crippen molar-refractivity contribution < 1.29 is 34.1 Å². The highest BCUT2D eigenvalue weighted by Gasteiger charge is 2.18. The number of hydrogen-bond donors (Lipinski definition) is 1. The van der Waals surface area contributed by atoms with E-state index in [4.69, 9.17) is 9.47 Å². The minimum absolute atomic E-state index is 0. The number of ether oxygens (including phenoxy) is 2. The van der Waals surface area contributed by atoms with Gasteiger partial charge in [-0.1, -0.05) is 31.9 Å². The SMILES string of the molecule is O.O=C(CCBr)COC(=O)c1cc(C(=O)OCC(=O)CCBr)[nH]n1. The molecule has 0 radical (unpaired) electrons. The maximum atomic E-state index is 11.7. The predicted octanol–water partition coefficient (Wildman–Crippen LogP) is 0.607. The smallest absolute Gasteiger partial charge is 0.359 e. The Bertz CT molecular complexity index is 540. The van der Waals surface area contributed by atoms with E-state index in [0.717, 1.165) is 6.07 Å². The molecule has 0 aliphatic rings. The number of hydrogen-bond acceptors (Lipinski definition) is 7. The highest BCUT2D eigenvalue weighted by atomic mass is 79.9. The fourth-order valence-corrected chi connectivity index (χ4v) is 2.21. The number of nitrogens with zero attached hydrogens (tertiary/aromatic N) is 1. The summed E-state index contributed by atoms with van der Waals surface area (Å²) >= 11 is 6.20. The number of H-pyrrole nitrogens is 1. The van der Waals surface area contributed by atoms with Gasteiger partial charge in [0, 0.05) is 29.6 Å². The normalized spacial score (nSPS) is 9.75. The summed E-state index contributed by atoms with van der Waals surface area (Å²) in [6, 6.07) is 1.13. The van der Waals surface area contributed by atoms with E-state index < -0.39 is 11.9 Å². The third kappa shape index (κ3) is 7.79. The Balaban J connectivity index is 0.00000529. The summed E-state index contributed by atoms with van der Waals surface area (Å²) in [5.41, 5.74) is -0.245. The lowest BCUT2D eigenvalue weighted by molar-refractivity contribution is -0.122. The molecule has 0 spiro atoms. The maximum Gasteiger partial charge on any atom is 0.359 e. The lowest BCUT2D eigenvalue weighted by Crippen LogP contribution is -2.15. The standard InChI is InChI=1S/C13H14Br2N2O6.H2O/c14-3-1-8(18)6-22-12(20)10-5-11(17-16-10)13(21)23-7-9(19)2-4-15;/h5H,1-4,6-7H2,(H,16,17);1H2. The van der Waals surface area contributed by atoms with Gasteiger partial charge in [0.05, 0.1) is 0 Å². The monoisotopic (exact) mass is 470 g/mol. The molecule has 0 aliphatic carbocycles. The molecule has 1 heterocycles. The van der Waals surface area contributed by atoms with Crippen LogP contribution < -0.4 is 0 Å². The summed E-state index contributed by atoms with van der Waals surface area (Å²) in [5.74, 6) is -2.12. The second-order valence-electron chi connectivity index (χ2n) is 4.27. The van der Waals surface area contributed by atoms with Gasteiger partial charge in [0.2, 0.25) is 0 Å². The molecule has 11 heteroatoms. The Morgan fingerprint density at radius 3 is 1.96 bits per heavy atom. The summed E-state index contributed by atoms with van der Waals surface area (Å²) in [7, 11) is 0. The molecule has 1 aromatic heterocycles. The summed E-state index contributed by atoms with van der Waals surface area (Å²) in [4.78, 5) is 45.8. The van der Waals surface area contributed by atoms with Gasteiger partial charge in [0.25, 0.3) is 0 Å². The predicted molar refractivity (Wildman–Crippen MR) is 89.6 cm³/mol. The Labute approximate surface area is 154 Å². The van der Waals surface area contributed by atoms with Crippen LogP contribution in [0.5, 0.6) is 0 Å². The first-order valence-corrected chi connectivity index (χ1v) is 8.77. The molecule has 0 fully saturated rings. The summed E-state index contributed by atoms with van der Waals surface area (Å²) in [5, 5.41) is 6.89. The number of halogens is 2. The zero-order valence-electron chi connectivity index (χ0n) is 12.5. The van der Waals surface area contributed by atoms with Crippen LogP contribution >= 0.6 is 31.9 Å². The Kier molecular flexibility index (Phi) is 11.1. The number of carbonyl (C=O) groups excluding carboxylic acids is 4. The van der Waals surface area contributed by atoms with E-state index in [9.17, 15) is 19.2 Å². The lowest BCUT2D eigenvalue weighted by atomic mass is 10.3. The summed E-state index contributed by atoms with van der Waals surface area (Å²) in [6.07, 6.45) is 0.490. The van der Waals surface area contributed by atoms with Crippen LogP contribution in [0.3, 0.4) is 0 Å². The molecular formula is C13H16Br2N2O7. The molecule has 0 aromatic carbocycles. The van der Waals surface area contributed by atoms with E-state index in [-0.39, 0.29) is 54.5 Å². The van der Waals surface area contributed by atoms with Crippen LogP contribution in [0.2, 0.25) is 0 Å². The summed E-state index contributed by atoms with van der Waals surface area (Å²) in [6.45, 7) is -0.720. The molecule has 0 saturated carbocycles. The molecule has 1 rings (SSSR count). The van der Waals surface area contributed by atoms with E-state index in [1.54, 1.807) is 0 Å². The van der Waals surface area contributed by atoms with Gasteiger partial charge in [-0.15, -0.1) is 0 Å². The topological polar surface area (TPSA) is 147 Å². The molecule has 0 saturated heterocycles. The van der Waals surface area contributed by atoms with Crippen LogP contribution in [0.4, 0.5) is 0 Å². The Morgan fingerprint density at radius 1 is 0.958 bits per heavy atom. The lowest BCUT2D eigenvalue weighted by Gasteiger charge is -2.01. The van der Waals surface area contributed by atoms with E-state index in [2.05, 4.69) is 42.1 Å². The average molecular weight is 472 g/mol. The minimum Gasteiger partial charge on any atom is -0.453 e. The number of nitrogens with one attached hydrogen (secondary N) is 1. The average Bonchev–Trinajstić information content (AvgIpc) is 3.01. The fraction of sp³-hybridized carbons (Fsp3) is 0.462. The van der Waals surface area contributed by atoms with Gasteiger partial charge in [0.15, 0.2) is 17.3 Å². The van der Waals surface area contributed by atoms with Gasteiger partial charge < -0.3 is 14.9 Å². The number of esters is 2.